The summed E-state index contributed by atoms with van der Waals surface area (Å²) < 4.78 is 25.6. The Kier molecular flexibility index (Phi) is 9.58. The van der Waals surface area contributed by atoms with Gasteiger partial charge < -0.3 is 18.9 Å². The number of carbonyl (C=O) groups excluding carboxylic acids is 2. The molecular formula is C37H34N4O7S. The average molecular weight is 679 g/mol. The van der Waals surface area contributed by atoms with Crippen molar-refractivity contribution in [3.8, 4) is 34.2 Å². The van der Waals surface area contributed by atoms with Crippen molar-refractivity contribution in [1.29, 1.82) is 0 Å². The maximum atomic E-state index is 14.4. The van der Waals surface area contributed by atoms with Crippen LogP contribution in [0.4, 0.5) is 0 Å². The molecule has 3 aromatic carbocycles. The molecule has 0 spiro atoms. The molecule has 5 aromatic rings. The van der Waals surface area contributed by atoms with E-state index in [0.29, 0.717) is 38.5 Å². The summed E-state index contributed by atoms with van der Waals surface area (Å²) in [5, 5.41) is 4.91. The number of esters is 2. The van der Waals surface area contributed by atoms with Gasteiger partial charge in [0.05, 0.1) is 47.9 Å². The maximum absolute atomic E-state index is 14.4. The normalized spacial score (nSPS) is 14.2. The van der Waals surface area contributed by atoms with Crippen LogP contribution in [-0.2, 0) is 14.3 Å². The van der Waals surface area contributed by atoms with Crippen LogP contribution in [0, 0.1) is 0 Å². The van der Waals surface area contributed by atoms with Gasteiger partial charge in [-0.25, -0.2) is 14.5 Å². The van der Waals surface area contributed by atoms with E-state index in [1.807, 2.05) is 67.7 Å². The van der Waals surface area contributed by atoms with Gasteiger partial charge in [-0.3, -0.25) is 14.2 Å². The molecule has 6 rings (SSSR count). The summed E-state index contributed by atoms with van der Waals surface area (Å²) in [5.74, 6) is 0.117. The first-order valence-electron chi connectivity index (χ1n) is 15.7. The Balaban J connectivity index is 1.54. The zero-order valence-electron chi connectivity index (χ0n) is 27.6. The number of allylic oxidation sites excluding steroid dienone is 1. The zero-order valence-corrected chi connectivity index (χ0v) is 28.4. The molecule has 3 heterocycles. The van der Waals surface area contributed by atoms with E-state index in [1.54, 1.807) is 42.8 Å². The van der Waals surface area contributed by atoms with Crippen molar-refractivity contribution in [2.45, 2.75) is 33.7 Å². The van der Waals surface area contributed by atoms with Crippen LogP contribution in [0.15, 0.2) is 100 Å². The number of fused-ring (bicyclic) bond motifs is 1. The lowest BCUT2D eigenvalue weighted by Crippen LogP contribution is -2.40. The highest BCUT2D eigenvalue weighted by Crippen LogP contribution is 2.36. The Morgan fingerprint density at radius 3 is 2.41 bits per heavy atom. The first kappa shape index (κ1) is 33.2. The van der Waals surface area contributed by atoms with Crippen molar-refractivity contribution in [2.75, 3.05) is 20.3 Å². The van der Waals surface area contributed by atoms with Crippen molar-refractivity contribution in [3.05, 3.63) is 121 Å². The second kappa shape index (κ2) is 14.2. The number of nitrogens with zero attached hydrogens (tertiary/aromatic N) is 4. The number of methoxy groups -OCH3 is 1. The summed E-state index contributed by atoms with van der Waals surface area (Å²) in [4.78, 5) is 44.6. The van der Waals surface area contributed by atoms with Crippen molar-refractivity contribution in [1.82, 2.24) is 14.3 Å². The summed E-state index contributed by atoms with van der Waals surface area (Å²) in [6.07, 6.45) is 3.68. The number of hydrogen-bond donors (Lipinski definition) is 0. The van der Waals surface area contributed by atoms with E-state index in [4.69, 9.17) is 29.0 Å². The van der Waals surface area contributed by atoms with Crippen LogP contribution in [0.2, 0.25) is 0 Å². The molecule has 1 aliphatic heterocycles. The van der Waals surface area contributed by atoms with E-state index in [1.165, 1.54) is 29.9 Å². The van der Waals surface area contributed by atoms with Crippen LogP contribution in [0.1, 0.15) is 44.9 Å². The molecule has 0 saturated carbocycles. The molecule has 0 amide bonds. The van der Waals surface area contributed by atoms with Gasteiger partial charge >= 0.3 is 11.9 Å². The van der Waals surface area contributed by atoms with Gasteiger partial charge in [0, 0.05) is 24.2 Å². The van der Waals surface area contributed by atoms with Gasteiger partial charge in [-0.15, -0.1) is 0 Å². The van der Waals surface area contributed by atoms with Gasteiger partial charge in [-0.2, -0.15) is 5.10 Å². The summed E-state index contributed by atoms with van der Waals surface area (Å²) in [7, 11) is 1.45. The molecule has 1 atom stereocenters. The summed E-state index contributed by atoms with van der Waals surface area (Å²) in [5.41, 5.74) is 3.92. The largest absolute Gasteiger partial charge is 0.494 e. The minimum absolute atomic E-state index is 0.140. The molecule has 0 radical (unpaired) electrons. The predicted molar refractivity (Wildman–Crippen MR) is 185 cm³/mol. The molecule has 1 aliphatic rings. The first-order chi connectivity index (χ1) is 23.7. The third-order valence-electron chi connectivity index (χ3n) is 7.76. The molecule has 1 unspecified atom stereocenters. The highest BCUT2D eigenvalue weighted by Gasteiger charge is 2.34. The Bertz CT molecular complexity index is 2250. The number of ether oxygens (including phenoxy) is 4. The molecule has 2 aromatic heterocycles. The SMILES string of the molecule is CCOC(=O)C1=C(C)N=c2s/c(=C/c3cn(-c4ccccc4)nc3-c3ccc(OCC)cc3)c(=O)n2C1c1ccc(OC(C)=O)c(OC)c1. The molecule has 0 bridgehead atoms. The molecular weight excluding hydrogens is 644 g/mol. The number of hydrogen-bond acceptors (Lipinski definition) is 10. The number of carbonyl (C=O) groups is 2. The summed E-state index contributed by atoms with van der Waals surface area (Å²) in [6.45, 7) is 7.35. The highest BCUT2D eigenvalue weighted by molar-refractivity contribution is 7.07. The fourth-order valence-corrected chi connectivity index (χ4v) is 6.69. The first-order valence-corrected chi connectivity index (χ1v) is 16.5. The topological polar surface area (TPSA) is 123 Å². The van der Waals surface area contributed by atoms with Crippen molar-refractivity contribution in [3.63, 3.8) is 0 Å². The van der Waals surface area contributed by atoms with Crippen LogP contribution in [0.25, 0.3) is 23.0 Å². The van der Waals surface area contributed by atoms with E-state index in [-0.39, 0.29) is 29.2 Å². The van der Waals surface area contributed by atoms with Crippen LogP contribution in [0.5, 0.6) is 17.2 Å². The second-order valence-corrected chi connectivity index (χ2v) is 12.0. The number of benzene rings is 3. The Hall–Kier alpha value is -5.75. The molecule has 49 heavy (non-hydrogen) atoms. The standard InChI is InChI=1S/C37H34N4O7S/c1-6-46-28-16-13-24(14-17-28)33-26(21-40(39-33)27-11-9-8-10-12-27)20-31-35(43)41-34(25-15-18-29(48-23(4)42)30(19-25)45-5)32(36(44)47-7-2)22(3)38-37(41)49-31/h8-21,34H,6-7H2,1-5H3/b31-20+. The predicted octanol–water partition coefficient (Wildman–Crippen LogP) is 4.98. The van der Waals surface area contributed by atoms with E-state index in [2.05, 4.69) is 0 Å². The maximum Gasteiger partial charge on any atom is 0.338 e. The fourth-order valence-electron chi connectivity index (χ4n) is 5.65. The van der Waals surface area contributed by atoms with Crippen LogP contribution < -0.4 is 29.1 Å². The van der Waals surface area contributed by atoms with Gasteiger partial charge in [0.2, 0.25) is 0 Å². The fraction of sp³-hybridized carbons (Fsp3) is 0.216. The van der Waals surface area contributed by atoms with Crippen molar-refractivity contribution in [2.24, 2.45) is 4.99 Å². The van der Waals surface area contributed by atoms with Crippen molar-refractivity contribution >= 4 is 29.4 Å². The lowest BCUT2D eigenvalue weighted by molar-refractivity contribution is -0.139. The molecule has 250 valence electrons. The summed E-state index contributed by atoms with van der Waals surface area (Å²) >= 11 is 1.21. The van der Waals surface area contributed by atoms with Gasteiger partial charge in [0.25, 0.3) is 5.56 Å². The highest BCUT2D eigenvalue weighted by atomic mass is 32.1. The van der Waals surface area contributed by atoms with Gasteiger partial charge in [0.15, 0.2) is 16.3 Å². The molecule has 12 heteroatoms. The minimum Gasteiger partial charge on any atom is -0.494 e. The average Bonchev–Trinajstić information content (AvgIpc) is 3.65. The third kappa shape index (κ3) is 6.68. The number of para-hydroxylation sites is 1. The van der Waals surface area contributed by atoms with Gasteiger partial charge in [-0.05, 0) is 80.9 Å². The number of thiazole rings is 1. The molecule has 0 aliphatic carbocycles. The molecule has 0 saturated heterocycles. The second-order valence-electron chi connectivity index (χ2n) is 11.0. The minimum atomic E-state index is -0.893. The Morgan fingerprint density at radius 2 is 1.73 bits per heavy atom. The van der Waals surface area contributed by atoms with E-state index < -0.39 is 18.0 Å². The van der Waals surface area contributed by atoms with Gasteiger partial charge in [-0.1, -0.05) is 35.6 Å². The lowest BCUT2D eigenvalue weighted by atomic mass is 9.95. The molecule has 11 nitrogen and oxygen atoms in total. The Morgan fingerprint density at radius 1 is 0.980 bits per heavy atom. The zero-order chi connectivity index (χ0) is 34.7. The summed E-state index contributed by atoms with van der Waals surface area (Å²) in [6, 6.07) is 21.4. The monoisotopic (exact) mass is 678 g/mol. The lowest BCUT2D eigenvalue weighted by Gasteiger charge is -2.25. The van der Waals surface area contributed by atoms with Crippen LogP contribution in [0.3, 0.4) is 0 Å². The Labute approximate surface area is 286 Å². The van der Waals surface area contributed by atoms with Gasteiger partial charge in [0.1, 0.15) is 11.4 Å². The number of rotatable bonds is 10. The smallest absolute Gasteiger partial charge is 0.338 e. The number of aromatic nitrogens is 3. The molecule has 0 fully saturated rings. The van der Waals surface area contributed by atoms with E-state index in [0.717, 1.165) is 17.0 Å². The van der Waals surface area contributed by atoms with E-state index >= 15 is 0 Å². The third-order valence-corrected chi connectivity index (χ3v) is 8.75. The molecule has 0 N–H and O–H groups in total. The quantitative estimate of drug-likeness (QED) is 0.150. The van der Waals surface area contributed by atoms with Crippen LogP contribution in [-0.4, -0.2) is 46.6 Å². The van der Waals surface area contributed by atoms with Crippen molar-refractivity contribution < 1.29 is 28.5 Å². The van der Waals surface area contributed by atoms with Crippen LogP contribution >= 0.6 is 11.3 Å². The van der Waals surface area contributed by atoms with E-state index in [9.17, 15) is 14.4 Å².